The first kappa shape index (κ1) is 9.52. The maximum absolute atomic E-state index is 10.9. The molecule has 2 heterocycles. The molecule has 3 nitrogen and oxygen atoms in total. The number of nitrogens with one attached hydrogen (secondary N) is 1. The molecule has 0 radical (unpaired) electrons. The highest BCUT2D eigenvalue weighted by Gasteiger charge is 2.34. The quantitative estimate of drug-likeness (QED) is 0.832. The highest BCUT2D eigenvalue weighted by Crippen LogP contribution is 2.20. The van der Waals surface area contributed by atoms with E-state index in [1.54, 1.807) is 11.3 Å². The van der Waals surface area contributed by atoms with Crippen molar-refractivity contribution >= 4 is 17.4 Å². The highest BCUT2D eigenvalue weighted by atomic mass is 32.1. The monoisotopic (exact) mass is 211 g/mol. The van der Waals surface area contributed by atoms with Gasteiger partial charge in [0.25, 0.3) is 0 Å². The normalized spacial score (nSPS) is 25.9. The lowest BCUT2D eigenvalue weighted by Gasteiger charge is -2.20. The summed E-state index contributed by atoms with van der Waals surface area (Å²) < 4.78 is 4.89. The van der Waals surface area contributed by atoms with E-state index >= 15 is 0 Å². The number of carbonyl (C=O) groups is 1. The van der Waals surface area contributed by atoms with E-state index in [1.807, 2.05) is 6.92 Å². The van der Waals surface area contributed by atoms with Gasteiger partial charge in [0.2, 0.25) is 0 Å². The van der Waals surface area contributed by atoms with Gasteiger partial charge in [-0.2, -0.15) is 11.3 Å². The van der Waals surface area contributed by atoms with Gasteiger partial charge >= 0.3 is 6.09 Å². The average molecular weight is 211 g/mol. The van der Waals surface area contributed by atoms with Gasteiger partial charge in [-0.15, -0.1) is 0 Å². The van der Waals surface area contributed by atoms with Gasteiger partial charge in [0.05, 0.1) is 5.54 Å². The maximum atomic E-state index is 10.9. The molecule has 4 heteroatoms. The Kier molecular flexibility index (Phi) is 2.46. The van der Waals surface area contributed by atoms with Gasteiger partial charge in [-0.25, -0.2) is 4.79 Å². The molecule has 1 N–H and O–H groups in total. The molecule has 0 saturated carbocycles. The molecule has 1 aliphatic heterocycles. The molecule has 1 aromatic rings. The van der Waals surface area contributed by atoms with Crippen molar-refractivity contribution < 1.29 is 9.53 Å². The molecule has 0 bridgehead atoms. The summed E-state index contributed by atoms with van der Waals surface area (Å²) in [5, 5.41) is 7.05. The Labute approximate surface area is 87.1 Å². The Hall–Kier alpha value is -1.03. The van der Waals surface area contributed by atoms with Crippen LogP contribution in [0.3, 0.4) is 0 Å². The van der Waals surface area contributed by atoms with Crippen molar-refractivity contribution in [3.05, 3.63) is 22.4 Å². The summed E-state index contributed by atoms with van der Waals surface area (Å²) in [6.07, 6.45) is 1.62. The molecule has 1 amide bonds. The lowest BCUT2D eigenvalue weighted by atomic mass is 9.96. The van der Waals surface area contributed by atoms with Crippen LogP contribution in [0.2, 0.25) is 0 Å². The van der Waals surface area contributed by atoms with E-state index in [4.69, 9.17) is 4.74 Å². The van der Waals surface area contributed by atoms with Crippen LogP contribution in [0.5, 0.6) is 0 Å². The van der Waals surface area contributed by atoms with Gasteiger partial charge in [-0.1, -0.05) is 0 Å². The number of cyclic esters (lactones) is 1. The Morgan fingerprint density at radius 1 is 1.71 bits per heavy atom. The second kappa shape index (κ2) is 3.61. The van der Waals surface area contributed by atoms with Crippen molar-refractivity contribution in [2.75, 3.05) is 6.61 Å². The fourth-order valence-corrected chi connectivity index (χ4v) is 2.24. The van der Waals surface area contributed by atoms with Gasteiger partial charge in [-0.3, -0.25) is 0 Å². The van der Waals surface area contributed by atoms with E-state index in [1.165, 1.54) is 5.56 Å². The number of hydrogen-bond donors (Lipinski definition) is 1. The summed E-state index contributed by atoms with van der Waals surface area (Å²) in [5.41, 5.74) is 1.15. The molecular weight excluding hydrogens is 198 g/mol. The summed E-state index contributed by atoms with van der Waals surface area (Å²) in [6.45, 7) is 2.50. The van der Waals surface area contributed by atoms with Gasteiger partial charge in [0.15, 0.2) is 0 Å². The largest absolute Gasteiger partial charge is 0.447 e. The number of ether oxygens (including phenoxy) is 1. The van der Waals surface area contributed by atoms with Crippen molar-refractivity contribution in [3.63, 3.8) is 0 Å². The first-order valence-corrected chi connectivity index (χ1v) is 5.58. The first-order valence-electron chi connectivity index (χ1n) is 4.64. The number of alkyl carbamates (subject to hydrolysis) is 1. The summed E-state index contributed by atoms with van der Waals surface area (Å²) >= 11 is 1.70. The molecule has 1 saturated heterocycles. The van der Waals surface area contributed by atoms with Crippen LogP contribution < -0.4 is 5.32 Å². The van der Waals surface area contributed by atoms with Crippen LogP contribution in [0.1, 0.15) is 18.9 Å². The summed E-state index contributed by atoms with van der Waals surface area (Å²) in [4.78, 5) is 10.9. The molecule has 1 fully saturated rings. The predicted octanol–water partition coefficient (Wildman–Crippen LogP) is 2.18. The molecule has 0 aliphatic carbocycles. The number of rotatable bonds is 3. The SMILES string of the molecule is CC1(CCc2ccsc2)COC(=O)N1. The average Bonchev–Trinajstić information content (AvgIpc) is 2.73. The van der Waals surface area contributed by atoms with Crippen molar-refractivity contribution in [2.45, 2.75) is 25.3 Å². The molecule has 0 spiro atoms. The molecule has 1 aliphatic rings. The van der Waals surface area contributed by atoms with Crippen LogP contribution in [-0.2, 0) is 11.2 Å². The number of amides is 1. The molecule has 76 valence electrons. The number of thiophene rings is 1. The van der Waals surface area contributed by atoms with Crippen LogP contribution >= 0.6 is 11.3 Å². The summed E-state index contributed by atoms with van der Waals surface area (Å²) in [6, 6.07) is 2.12. The minimum Gasteiger partial charge on any atom is -0.447 e. The van der Waals surface area contributed by atoms with Crippen LogP contribution in [0.15, 0.2) is 16.8 Å². The van der Waals surface area contributed by atoms with Crippen molar-refractivity contribution in [3.8, 4) is 0 Å². The fraction of sp³-hybridized carbons (Fsp3) is 0.500. The Balaban J connectivity index is 1.89. The van der Waals surface area contributed by atoms with E-state index in [2.05, 4.69) is 22.1 Å². The zero-order chi connectivity index (χ0) is 10.0. The lowest BCUT2D eigenvalue weighted by Crippen LogP contribution is -2.40. The molecule has 1 atom stereocenters. The highest BCUT2D eigenvalue weighted by molar-refractivity contribution is 7.07. The predicted molar refractivity (Wildman–Crippen MR) is 55.5 cm³/mol. The van der Waals surface area contributed by atoms with Crippen LogP contribution in [0.4, 0.5) is 4.79 Å². The van der Waals surface area contributed by atoms with Gasteiger partial charge in [0, 0.05) is 0 Å². The van der Waals surface area contributed by atoms with Crippen molar-refractivity contribution in [1.29, 1.82) is 0 Å². The van der Waals surface area contributed by atoms with Gasteiger partial charge in [-0.05, 0) is 42.2 Å². The van der Waals surface area contributed by atoms with Gasteiger partial charge < -0.3 is 10.1 Å². The lowest BCUT2D eigenvalue weighted by molar-refractivity contribution is 0.172. The molecular formula is C10H13NO2S. The fourth-order valence-electron chi connectivity index (χ4n) is 1.53. The van der Waals surface area contributed by atoms with E-state index in [-0.39, 0.29) is 11.6 Å². The molecule has 0 aromatic carbocycles. The molecule has 2 rings (SSSR count). The third kappa shape index (κ3) is 2.07. The number of carbonyl (C=O) groups excluding carboxylic acids is 1. The Morgan fingerprint density at radius 3 is 3.14 bits per heavy atom. The van der Waals surface area contributed by atoms with E-state index in [0.29, 0.717) is 6.61 Å². The smallest absolute Gasteiger partial charge is 0.407 e. The maximum Gasteiger partial charge on any atom is 0.407 e. The Bertz CT molecular complexity index is 323. The van der Waals surface area contributed by atoms with E-state index < -0.39 is 0 Å². The first-order chi connectivity index (χ1) is 6.68. The van der Waals surface area contributed by atoms with E-state index in [0.717, 1.165) is 12.8 Å². The Morgan fingerprint density at radius 2 is 2.57 bits per heavy atom. The zero-order valence-corrected chi connectivity index (χ0v) is 8.89. The molecule has 1 aromatic heterocycles. The van der Waals surface area contributed by atoms with Gasteiger partial charge in [0.1, 0.15) is 6.61 Å². The minimum absolute atomic E-state index is 0.182. The summed E-state index contributed by atoms with van der Waals surface area (Å²) in [5.74, 6) is 0. The van der Waals surface area contributed by atoms with Crippen LogP contribution in [-0.4, -0.2) is 18.2 Å². The second-order valence-corrected chi connectivity index (χ2v) is 4.67. The topological polar surface area (TPSA) is 38.3 Å². The standard InChI is InChI=1S/C10H13NO2S/c1-10(7-13-9(12)11-10)4-2-8-3-5-14-6-8/h3,5-6H,2,4,7H2,1H3,(H,11,12). The molecule has 1 unspecified atom stereocenters. The third-order valence-electron chi connectivity index (χ3n) is 2.47. The summed E-state index contributed by atoms with van der Waals surface area (Å²) in [7, 11) is 0. The number of hydrogen-bond acceptors (Lipinski definition) is 3. The third-order valence-corrected chi connectivity index (χ3v) is 3.20. The second-order valence-electron chi connectivity index (χ2n) is 3.89. The zero-order valence-electron chi connectivity index (χ0n) is 8.08. The minimum atomic E-state index is -0.294. The van der Waals surface area contributed by atoms with Crippen molar-refractivity contribution in [1.82, 2.24) is 5.32 Å². The number of aryl methyl sites for hydroxylation is 1. The van der Waals surface area contributed by atoms with E-state index in [9.17, 15) is 4.79 Å². The van der Waals surface area contributed by atoms with Crippen LogP contribution in [0, 0.1) is 0 Å². The van der Waals surface area contributed by atoms with Crippen LogP contribution in [0.25, 0.3) is 0 Å². The molecule has 14 heavy (non-hydrogen) atoms. The van der Waals surface area contributed by atoms with Crippen molar-refractivity contribution in [2.24, 2.45) is 0 Å².